The number of benzene rings is 2. The summed E-state index contributed by atoms with van der Waals surface area (Å²) in [5, 5.41) is 16.9. The molecule has 2 aliphatic rings. The van der Waals surface area contributed by atoms with Gasteiger partial charge in [-0.1, -0.05) is 39.7 Å². The highest BCUT2D eigenvalue weighted by Crippen LogP contribution is 2.46. The molecule has 3 atom stereocenters. The second-order valence-corrected chi connectivity index (χ2v) is 7.87. The third-order valence-corrected chi connectivity index (χ3v) is 5.70. The van der Waals surface area contributed by atoms with Crippen molar-refractivity contribution in [2.75, 3.05) is 5.01 Å². The largest absolute Gasteiger partial charge is 0.452 e. The van der Waals surface area contributed by atoms with Crippen LogP contribution in [0.25, 0.3) is 0 Å². The Balaban J connectivity index is 1.80. The van der Waals surface area contributed by atoms with E-state index in [1.54, 1.807) is 0 Å². The molecule has 0 saturated carbocycles. The number of hydrazone groups is 1. The Morgan fingerprint density at radius 1 is 1.19 bits per heavy atom. The number of nitrogens with zero attached hydrogens (tertiary/aromatic N) is 3. The summed E-state index contributed by atoms with van der Waals surface area (Å²) in [6, 6.07) is 17.5. The van der Waals surface area contributed by atoms with Crippen molar-refractivity contribution in [3.63, 3.8) is 0 Å². The molecule has 0 saturated heterocycles. The number of allylic oxidation sites excluding steroid dienone is 1. The smallest absolute Gasteiger partial charge is 0.202 e. The zero-order valence-corrected chi connectivity index (χ0v) is 16.8. The minimum absolute atomic E-state index is 0.128. The van der Waals surface area contributed by atoms with E-state index < -0.39 is 6.23 Å². The molecular weight excluding hydrogens is 428 g/mol. The highest BCUT2D eigenvalue weighted by Gasteiger charge is 2.48. The first-order valence-electron chi connectivity index (χ1n) is 8.41. The Hall–Kier alpha value is -2.49. The van der Waals surface area contributed by atoms with E-state index in [1.807, 2.05) is 60.5 Å². The third kappa shape index (κ3) is 3.07. The number of halogens is 2. The van der Waals surface area contributed by atoms with Gasteiger partial charge in [0.15, 0.2) is 0 Å². The van der Waals surface area contributed by atoms with Crippen LogP contribution in [0.4, 0.5) is 5.69 Å². The Morgan fingerprint density at radius 3 is 2.48 bits per heavy atom. The molecule has 4 rings (SSSR count). The maximum absolute atomic E-state index is 9.71. The van der Waals surface area contributed by atoms with E-state index in [4.69, 9.17) is 27.2 Å². The molecular formula is C20H16BrClN4O. The van der Waals surface area contributed by atoms with Gasteiger partial charge in [-0.15, -0.1) is 0 Å². The number of fused-ring (bicyclic) bond motifs is 1. The Labute approximate surface area is 170 Å². The SMILES string of the molecule is CC1=NN(c2ccc(Br)cc2)C2OC(N)=C(C#N)C(c3ccc(Cl)cc3)C12. The topological polar surface area (TPSA) is 74.6 Å². The van der Waals surface area contributed by atoms with E-state index in [2.05, 4.69) is 22.0 Å². The zero-order chi connectivity index (χ0) is 19.1. The first-order chi connectivity index (χ1) is 13.0. The molecule has 2 N–H and O–H groups in total. The molecule has 2 aromatic carbocycles. The molecule has 5 nitrogen and oxygen atoms in total. The normalized spacial score (nSPS) is 24.1. The number of nitrogens with two attached hydrogens (primary N) is 1. The molecule has 2 heterocycles. The van der Waals surface area contributed by atoms with E-state index in [0.29, 0.717) is 10.6 Å². The molecule has 0 radical (unpaired) electrons. The zero-order valence-electron chi connectivity index (χ0n) is 14.4. The van der Waals surface area contributed by atoms with Crippen LogP contribution in [0.2, 0.25) is 5.02 Å². The molecule has 0 aliphatic carbocycles. The number of anilines is 1. The van der Waals surface area contributed by atoms with Gasteiger partial charge in [-0.05, 0) is 48.9 Å². The summed E-state index contributed by atoms with van der Waals surface area (Å²) in [6.45, 7) is 1.96. The maximum atomic E-state index is 9.71. The van der Waals surface area contributed by atoms with E-state index in [9.17, 15) is 5.26 Å². The van der Waals surface area contributed by atoms with E-state index >= 15 is 0 Å². The molecule has 0 bridgehead atoms. The highest BCUT2D eigenvalue weighted by molar-refractivity contribution is 9.10. The van der Waals surface area contributed by atoms with Gasteiger partial charge in [0.1, 0.15) is 6.07 Å². The number of rotatable bonds is 2. The van der Waals surface area contributed by atoms with Gasteiger partial charge in [0.05, 0.1) is 17.2 Å². The fourth-order valence-corrected chi connectivity index (χ4v) is 4.06. The summed E-state index contributed by atoms with van der Waals surface area (Å²) in [6.07, 6.45) is -0.413. The second-order valence-electron chi connectivity index (χ2n) is 6.52. The minimum atomic E-state index is -0.413. The number of hydrogen-bond donors (Lipinski definition) is 1. The summed E-state index contributed by atoms with van der Waals surface area (Å²) in [5.41, 5.74) is 9.31. The number of hydrogen-bond acceptors (Lipinski definition) is 5. The van der Waals surface area contributed by atoms with Gasteiger partial charge in [-0.3, -0.25) is 0 Å². The van der Waals surface area contributed by atoms with E-state index in [-0.39, 0.29) is 17.7 Å². The predicted molar refractivity (Wildman–Crippen MR) is 109 cm³/mol. The van der Waals surface area contributed by atoms with Crippen molar-refractivity contribution < 1.29 is 4.74 Å². The van der Waals surface area contributed by atoms with Crippen molar-refractivity contribution in [1.29, 1.82) is 5.26 Å². The van der Waals surface area contributed by atoms with Gasteiger partial charge in [-0.25, -0.2) is 5.01 Å². The molecule has 27 heavy (non-hydrogen) atoms. The lowest BCUT2D eigenvalue weighted by Gasteiger charge is -2.37. The van der Waals surface area contributed by atoms with Gasteiger partial charge in [0.25, 0.3) is 0 Å². The molecule has 0 amide bonds. The molecule has 136 valence electrons. The lowest BCUT2D eigenvalue weighted by molar-refractivity contribution is 0.0662. The molecule has 3 unspecified atom stereocenters. The molecule has 0 spiro atoms. The number of ether oxygens (including phenoxy) is 1. The average molecular weight is 444 g/mol. The van der Waals surface area contributed by atoms with Crippen molar-refractivity contribution in [2.45, 2.75) is 19.1 Å². The Morgan fingerprint density at radius 2 is 1.85 bits per heavy atom. The summed E-state index contributed by atoms with van der Waals surface area (Å²) >= 11 is 9.49. The Bertz CT molecular complexity index is 979. The lowest BCUT2D eigenvalue weighted by atomic mass is 9.76. The maximum Gasteiger partial charge on any atom is 0.202 e. The number of nitriles is 1. The monoisotopic (exact) mass is 442 g/mol. The van der Waals surface area contributed by atoms with E-state index in [1.165, 1.54) is 0 Å². The van der Waals surface area contributed by atoms with Crippen molar-refractivity contribution in [3.8, 4) is 6.07 Å². The van der Waals surface area contributed by atoms with Crippen LogP contribution in [0.15, 0.2) is 69.6 Å². The standard InChI is InChI=1S/C20H16BrClN4O/c1-11-17-18(12-2-6-14(22)7-3-12)16(10-23)19(24)27-20(17)26(25-11)15-8-4-13(21)5-9-15/h2-9,17-18,20H,24H2,1H3. The quantitative estimate of drug-likeness (QED) is 0.727. The summed E-state index contributed by atoms with van der Waals surface area (Å²) < 4.78 is 6.95. The highest BCUT2D eigenvalue weighted by atomic mass is 79.9. The molecule has 0 aromatic heterocycles. The predicted octanol–water partition coefficient (Wildman–Crippen LogP) is 4.75. The molecule has 2 aliphatic heterocycles. The van der Waals surface area contributed by atoms with Gasteiger partial charge in [-0.2, -0.15) is 10.4 Å². The van der Waals surface area contributed by atoms with Crippen molar-refractivity contribution in [2.24, 2.45) is 16.8 Å². The average Bonchev–Trinajstić information content (AvgIpc) is 2.98. The van der Waals surface area contributed by atoms with Gasteiger partial charge < -0.3 is 10.5 Å². The second kappa shape index (κ2) is 6.91. The summed E-state index contributed by atoms with van der Waals surface area (Å²) in [4.78, 5) is 0. The first-order valence-corrected chi connectivity index (χ1v) is 9.58. The fraction of sp³-hybridized carbons (Fsp3) is 0.200. The lowest BCUT2D eigenvalue weighted by Crippen LogP contribution is -2.43. The van der Waals surface area contributed by atoms with Crippen LogP contribution in [0, 0.1) is 17.2 Å². The minimum Gasteiger partial charge on any atom is -0.452 e. The van der Waals surface area contributed by atoms with Crippen LogP contribution in [0.1, 0.15) is 18.4 Å². The van der Waals surface area contributed by atoms with Crippen LogP contribution in [0.3, 0.4) is 0 Å². The van der Waals surface area contributed by atoms with Crippen LogP contribution in [0.5, 0.6) is 0 Å². The molecule has 2 aromatic rings. The van der Waals surface area contributed by atoms with Crippen molar-refractivity contribution in [3.05, 3.63) is 75.0 Å². The van der Waals surface area contributed by atoms with Gasteiger partial charge in [0.2, 0.25) is 12.1 Å². The Kier molecular flexibility index (Phi) is 4.58. The van der Waals surface area contributed by atoms with Crippen LogP contribution >= 0.6 is 27.5 Å². The summed E-state index contributed by atoms with van der Waals surface area (Å²) in [7, 11) is 0. The van der Waals surface area contributed by atoms with Crippen LogP contribution in [-0.4, -0.2) is 11.9 Å². The molecule has 7 heteroatoms. The summed E-state index contributed by atoms with van der Waals surface area (Å²) in [5.74, 6) is -0.224. The van der Waals surface area contributed by atoms with Crippen LogP contribution in [-0.2, 0) is 4.74 Å². The first kappa shape index (κ1) is 17.9. The van der Waals surface area contributed by atoms with Gasteiger partial charge in [0, 0.05) is 21.1 Å². The fourth-order valence-electron chi connectivity index (χ4n) is 3.67. The van der Waals surface area contributed by atoms with Gasteiger partial charge >= 0.3 is 0 Å². The van der Waals surface area contributed by atoms with Crippen LogP contribution < -0.4 is 10.7 Å². The van der Waals surface area contributed by atoms with E-state index in [0.717, 1.165) is 21.4 Å². The van der Waals surface area contributed by atoms with Crippen molar-refractivity contribution in [1.82, 2.24) is 0 Å². The third-order valence-electron chi connectivity index (χ3n) is 4.92. The van der Waals surface area contributed by atoms with Crippen molar-refractivity contribution >= 4 is 38.9 Å². The molecule has 0 fully saturated rings.